The number of benzene rings is 3. The lowest BCUT2D eigenvalue weighted by atomic mass is 9.98. The molecule has 1 saturated heterocycles. The number of methoxy groups -OCH3 is 1. The second-order valence-electron chi connectivity index (χ2n) is 10.5. The van der Waals surface area contributed by atoms with Gasteiger partial charge in [0.25, 0.3) is 0 Å². The molecule has 39 heavy (non-hydrogen) atoms. The molecular formula is C32H32N4O3. The molecule has 2 atom stereocenters. The summed E-state index contributed by atoms with van der Waals surface area (Å²) in [5.41, 5.74) is 6.26. The summed E-state index contributed by atoms with van der Waals surface area (Å²) in [5, 5.41) is 4.10. The second-order valence-corrected chi connectivity index (χ2v) is 10.5. The van der Waals surface area contributed by atoms with Gasteiger partial charge in [-0.25, -0.2) is 9.97 Å². The number of hydrogen-bond donors (Lipinski definition) is 1. The third-order valence-electron chi connectivity index (χ3n) is 7.59. The molecule has 1 fully saturated rings. The molecule has 1 aliphatic rings. The largest absolute Gasteiger partial charge is 0.496 e. The number of para-hydroxylation sites is 1. The van der Waals surface area contributed by atoms with Crippen molar-refractivity contribution in [3.63, 3.8) is 0 Å². The molecule has 5 aromatic rings. The van der Waals surface area contributed by atoms with Crippen LogP contribution in [0.4, 0.5) is 11.5 Å². The zero-order valence-electron chi connectivity index (χ0n) is 22.7. The lowest BCUT2D eigenvalue weighted by molar-refractivity contribution is -0.116. The van der Waals surface area contributed by atoms with E-state index >= 15 is 0 Å². The van der Waals surface area contributed by atoms with Gasteiger partial charge in [0.1, 0.15) is 22.7 Å². The summed E-state index contributed by atoms with van der Waals surface area (Å²) < 4.78 is 11.9. The average Bonchev–Trinajstić information content (AvgIpc) is 3.48. The second kappa shape index (κ2) is 10.1. The van der Waals surface area contributed by atoms with Crippen LogP contribution in [0.1, 0.15) is 31.2 Å². The number of carbonyl (C=O) groups excluding carboxylic acids is 1. The smallest absolute Gasteiger partial charge is 0.224 e. The molecule has 0 bridgehead atoms. The van der Waals surface area contributed by atoms with E-state index in [2.05, 4.69) is 34.3 Å². The van der Waals surface area contributed by atoms with Crippen LogP contribution in [0.3, 0.4) is 0 Å². The van der Waals surface area contributed by atoms with Crippen molar-refractivity contribution in [3.05, 3.63) is 78.1 Å². The van der Waals surface area contributed by atoms with Crippen LogP contribution in [0.5, 0.6) is 5.75 Å². The SMILES string of the molecule is COc1cc(NC(=O)CC2CC(C)N(c3nc(C)nc4c3oc3ccccc34)C2)cc(C)c1-c1ccccc1. The van der Waals surface area contributed by atoms with Gasteiger partial charge in [0.15, 0.2) is 11.4 Å². The molecule has 0 aliphatic carbocycles. The van der Waals surface area contributed by atoms with E-state index in [0.717, 1.165) is 63.4 Å². The van der Waals surface area contributed by atoms with Crippen LogP contribution >= 0.6 is 0 Å². The average molecular weight is 521 g/mol. The number of nitrogens with zero attached hydrogens (tertiary/aromatic N) is 3. The Balaban J connectivity index is 1.20. The number of hydrogen-bond acceptors (Lipinski definition) is 6. The maximum absolute atomic E-state index is 13.2. The number of fused-ring (bicyclic) bond motifs is 3. The van der Waals surface area contributed by atoms with E-state index < -0.39 is 0 Å². The molecule has 7 heteroatoms. The van der Waals surface area contributed by atoms with Crippen molar-refractivity contribution in [3.8, 4) is 16.9 Å². The van der Waals surface area contributed by atoms with Gasteiger partial charge >= 0.3 is 0 Å². The van der Waals surface area contributed by atoms with Gasteiger partial charge in [-0.3, -0.25) is 4.79 Å². The summed E-state index contributed by atoms with van der Waals surface area (Å²) in [6.45, 7) is 6.86. The topological polar surface area (TPSA) is 80.5 Å². The highest BCUT2D eigenvalue weighted by atomic mass is 16.5. The van der Waals surface area contributed by atoms with Gasteiger partial charge in [0.2, 0.25) is 5.91 Å². The normalized spacial score (nSPS) is 17.2. The van der Waals surface area contributed by atoms with Crippen molar-refractivity contribution >= 4 is 39.5 Å². The van der Waals surface area contributed by atoms with Crippen molar-refractivity contribution in [2.75, 3.05) is 23.9 Å². The van der Waals surface area contributed by atoms with Gasteiger partial charge in [-0.1, -0.05) is 42.5 Å². The van der Waals surface area contributed by atoms with Gasteiger partial charge in [0, 0.05) is 41.7 Å². The molecule has 1 amide bonds. The number of nitrogens with one attached hydrogen (secondary N) is 1. The van der Waals surface area contributed by atoms with E-state index in [9.17, 15) is 4.79 Å². The molecule has 2 aromatic heterocycles. The molecule has 0 saturated carbocycles. The monoisotopic (exact) mass is 520 g/mol. The Hall–Kier alpha value is -4.39. The fourth-order valence-corrected chi connectivity index (χ4v) is 5.90. The summed E-state index contributed by atoms with van der Waals surface area (Å²) in [4.78, 5) is 24.9. The number of aromatic nitrogens is 2. The molecule has 6 rings (SSSR count). The first-order valence-electron chi connectivity index (χ1n) is 13.4. The van der Waals surface area contributed by atoms with Crippen molar-refractivity contribution < 1.29 is 13.9 Å². The summed E-state index contributed by atoms with van der Waals surface area (Å²) in [6, 6.07) is 22.2. The van der Waals surface area contributed by atoms with Crippen LogP contribution in [0.25, 0.3) is 33.2 Å². The van der Waals surface area contributed by atoms with E-state index in [0.29, 0.717) is 17.8 Å². The van der Waals surface area contributed by atoms with Gasteiger partial charge < -0.3 is 19.4 Å². The minimum Gasteiger partial charge on any atom is -0.496 e. The summed E-state index contributed by atoms with van der Waals surface area (Å²) >= 11 is 0. The minimum absolute atomic E-state index is 0.00397. The standard InChI is InChI=1S/C32H32N4O3/c1-19-14-24(17-27(38-4)29(19)23-10-6-5-7-11-23)35-28(37)16-22-15-20(2)36(18-22)32-31-30(33-21(3)34-32)25-12-8-9-13-26(25)39-31/h5-14,17,20,22H,15-16,18H2,1-4H3,(H,35,37). The van der Waals surface area contributed by atoms with Crippen LogP contribution < -0.4 is 15.0 Å². The Morgan fingerprint density at radius 3 is 2.64 bits per heavy atom. The number of amides is 1. The highest BCUT2D eigenvalue weighted by Gasteiger charge is 2.33. The number of anilines is 2. The van der Waals surface area contributed by atoms with Gasteiger partial charge in [0.05, 0.1) is 7.11 Å². The summed E-state index contributed by atoms with van der Waals surface area (Å²) in [7, 11) is 1.66. The van der Waals surface area contributed by atoms with Crippen molar-refractivity contribution in [2.24, 2.45) is 5.92 Å². The van der Waals surface area contributed by atoms with Gasteiger partial charge in [-0.15, -0.1) is 0 Å². The fraction of sp³-hybridized carbons (Fsp3) is 0.281. The van der Waals surface area contributed by atoms with Gasteiger partial charge in [-0.05, 0) is 62.4 Å². The predicted molar refractivity (Wildman–Crippen MR) is 155 cm³/mol. The summed E-state index contributed by atoms with van der Waals surface area (Å²) in [6.07, 6.45) is 1.32. The highest BCUT2D eigenvalue weighted by Crippen LogP contribution is 2.38. The molecule has 0 spiro atoms. The van der Waals surface area contributed by atoms with Crippen LogP contribution in [0, 0.1) is 19.8 Å². The maximum atomic E-state index is 13.2. The number of aryl methyl sites for hydroxylation is 2. The van der Waals surface area contributed by atoms with E-state index in [1.165, 1.54) is 0 Å². The number of ether oxygens (including phenoxy) is 1. The number of rotatable bonds is 6. The molecule has 1 N–H and O–H groups in total. The Morgan fingerprint density at radius 1 is 1.08 bits per heavy atom. The molecule has 7 nitrogen and oxygen atoms in total. The zero-order valence-corrected chi connectivity index (χ0v) is 22.7. The first-order chi connectivity index (χ1) is 18.9. The third kappa shape index (κ3) is 4.69. The Labute approximate surface area is 227 Å². The summed E-state index contributed by atoms with van der Waals surface area (Å²) in [5.74, 6) is 2.45. The van der Waals surface area contributed by atoms with Crippen LogP contribution in [-0.2, 0) is 4.79 Å². The quantitative estimate of drug-likeness (QED) is 0.262. The molecule has 0 radical (unpaired) electrons. The van der Waals surface area contributed by atoms with Gasteiger partial charge in [-0.2, -0.15) is 0 Å². The minimum atomic E-state index is -0.00397. The Morgan fingerprint density at radius 2 is 1.85 bits per heavy atom. The van der Waals surface area contributed by atoms with Crippen molar-refractivity contribution in [1.29, 1.82) is 0 Å². The zero-order chi connectivity index (χ0) is 27.1. The molecule has 198 valence electrons. The van der Waals surface area contributed by atoms with Crippen molar-refractivity contribution in [2.45, 2.75) is 39.7 Å². The van der Waals surface area contributed by atoms with E-state index in [4.69, 9.17) is 14.1 Å². The molecule has 3 heterocycles. The predicted octanol–water partition coefficient (Wildman–Crippen LogP) is 6.91. The Kier molecular flexibility index (Phi) is 6.43. The van der Waals surface area contributed by atoms with E-state index in [-0.39, 0.29) is 17.9 Å². The van der Waals surface area contributed by atoms with Crippen LogP contribution in [-0.4, -0.2) is 35.6 Å². The lowest BCUT2D eigenvalue weighted by Crippen LogP contribution is -2.28. The van der Waals surface area contributed by atoms with E-state index in [1.54, 1.807) is 7.11 Å². The fourth-order valence-electron chi connectivity index (χ4n) is 5.90. The number of carbonyl (C=O) groups is 1. The number of furan rings is 1. The molecule has 1 aliphatic heterocycles. The van der Waals surface area contributed by atoms with Crippen LogP contribution in [0.15, 0.2) is 71.1 Å². The first kappa shape index (κ1) is 24.9. The molecule has 2 unspecified atom stereocenters. The third-order valence-corrected chi connectivity index (χ3v) is 7.59. The molecule has 3 aromatic carbocycles. The van der Waals surface area contributed by atoms with E-state index in [1.807, 2.05) is 68.4 Å². The maximum Gasteiger partial charge on any atom is 0.224 e. The Bertz CT molecular complexity index is 1680. The highest BCUT2D eigenvalue weighted by molar-refractivity contribution is 6.05. The lowest BCUT2D eigenvalue weighted by Gasteiger charge is -2.22. The first-order valence-corrected chi connectivity index (χ1v) is 13.4. The van der Waals surface area contributed by atoms with Crippen molar-refractivity contribution in [1.82, 2.24) is 9.97 Å². The molecular weight excluding hydrogens is 488 g/mol. The van der Waals surface area contributed by atoms with Crippen LogP contribution in [0.2, 0.25) is 0 Å².